The van der Waals surface area contributed by atoms with E-state index in [4.69, 9.17) is 5.73 Å². The van der Waals surface area contributed by atoms with Gasteiger partial charge in [-0.1, -0.05) is 31.4 Å². The predicted molar refractivity (Wildman–Crippen MR) is 95.5 cm³/mol. The van der Waals surface area contributed by atoms with Gasteiger partial charge in [0, 0.05) is 25.1 Å². The van der Waals surface area contributed by atoms with E-state index in [1.807, 2.05) is 25.1 Å². The van der Waals surface area contributed by atoms with Crippen molar-refractivity contribution in [2.75, 3.05) is 13.1 Å². The molecule has 2 amide bonds. The molecule has 0 aromatic heterocycles. The van der Waals surface area contributed by atoms with Crippen molar-refractivity contribution in [2.24, 2.45) is 11.1 Å². The first-order chi connectivity index (χ1) is 11.6. The van der Waals surface area contributed by atoms with Crippen molar-refractivity contribution >= 4 is 11.8 Å². The van der Waals surface area contributed by atoms with Crippen LogP contribution in [0.15, 0.2) is 24.3 Å². The van der Waals surface area contributed by atoms with Crippen molar-refractivity contribution < 1.29 is 9.59 Å². The zero-order valence-electron chi connectivity index (χ0n) is 14.6. The fourth-order valence-electron chi connectivity index (χ4n) is 3.44. The lowest BCUT2D eigenvalue weighted by Crippen LogP contribution is -2.38. The van der Waals surface area contributed by atoms with Gasteiger partial charge in [-0.15, -0.1) is 0 Å². The number of benzene rings is 1. The molecule has 1 saturated carbocycles. The summed E-state index contributed by atoms with van der Waals surface area (Å²) < 4.78 is 0. The molecule has 0 saturated heterocycles. The molecule has 0 heterocycles. The summed E-state index contributed by atoms with van der Waals surface area (Å²) in [5.74, 6) is -0.0410. The Labute approximate surface area is 144 Å². The van der Waals surface area contributed by atoms with Crippen LogP contribution in [-0.2, 0) is 11.3 Å². The first-order valence-corrected chi connectivity index (χ1v) is 8.92. The molecule has 2 rings (SSSR count). The van der Waals surface area contributed by atoms with Crippen LogP contribution in [-0.4, -0.2) is 24.9 Å². The molecule has 0 spiro atoms. The van der Waals surface area contributed by atoms with E-state index in [2.05, 4.69) is 10.6 Å². The third-order valence-corrected chi connectivity index (χ3v) is 4.90. The molecule has 1 aliphatic rings. The van der Waals surface area contributed by atoms with Crippen LogP contribution in [0.25, 0.3) is 0 Å². The Morgan fingerprint density at radius 2 is 1.92 bits per heavy atom. The zero-order chi connectivity index (χ0) is 17.4. The SMILES string of the molecule is CCNC(=O)c1cccc(CNC(=O)CC2(CN)CCCCC2)c1. The first-order valence-electron chi connectivity index (χ1n) is 8.92. The molecule has 1 fully saturated rings. The predicted octanol–water partition coefficient (Wildman–Crippen LogP) is 2.35. The Balaban J connectivity index is 1.89. The molecular weight excluding hydrogens is 302 g/mol. The largest absolute Gasteiger partial charge is 0.352 e. The quantitative estimate of drug-likeness (QED) is 0.717. The molecule has 5 nitrogen and oxygen atoms in total. The summed E-state index contributed by atoms with van der Waals surface area (Å²) in [5.41, 5.74) is 7.48. The highest BCUT2D eigenvalue weighted by molar-refractivity contribution is 5.94. The van der Waals surface area contributed by atoms with Gasteiger partial charge in [0.25, 0.3) is 5.91 Å². The lowest BCUT2D eigenvalue weighted by molar-refractivity contribution is -0.124. The average Bonchev–Trinajstić information content (AvgIpc) is 2.61. The molecule has 0 atom stereocenters. The van der Waals surface area contributed by atoms with Crippen LogP contribution in [0.2, 0.25) is 0 Å². The summed E-state index contributed by atoms with van der Waals surface area (Å²) in [7, 11) is 0. The van der Waals surface area contributed by atoms with Gasteiger partial charge in [-0.05, 0) is 49.4 Å². The van der Waals surface area contributed by atoms with Gasteiger partial charge in [-0.2, -0.15) is 0 Å². The Morgan fingerprint density at radius 1 is 1.17 bits per heavy atom. The second-order valence-corrected chi connectivity index (χ2v) is 6.78. The zero-order valence-corrected chi connectivity index (χ0v) is 14.6. The topological polar surface area (TPSA) is 84.2 Å². The van der Waals surface area contributed by atoms with Gasteiger partial charge in [-0.3, -0.25) is 9.59 Å². The van der Waals surface area contributed by atoms with E-state index in [1.165, 1.54) is 19.3 Å². The monoisotopic (exact) mass is 331 g/mol. The van der Waals surface area contributed by atoms with Crippen LogP contribution in [0.4, 0.5) is 0 Å². The van der Waals surface area contributed by atoms with E-state index in [9.17, 15) is 9.59 Å². The second-order valence-electron chi connectivity index (χ2n) is 6.78. The molecule has 4 N–H and O–H groups in total. The van der Waals surface area contributed by atoms with Crippen LogP contribution in [0.3, 0.4) is 0 Å². The second kappa shape index (κ2) is 8.83. The maximum absolute atomic E-state index is 12.3. The van der Waals surface area contributed by atoms with E-state index < -0.39 is 0 Å². The van der Waals surface area contributed by atoms with Gasteiger partial charge in [-0.25, -0.2) is 0 Å². The number of carbonyl (C=O) groups excluding carboxylic acids is 2. The number of carbonyl (C=O) groups is 2. The highest BCUT2D eigenvalue weighted by atomic mass is 16.2. The molecule has 0 bridgehead atoms. The molecule has 1 aromatic carbocycles. The van der Waals surface area contributed by atoms with E-state index in [1.54, 1.807) is 6.07 Å². The van der Waals surface area contributed by atoms with Crippen LogP contribution >= 0.6 is 0 Å². The smallest absolute Gasteiger partial charge is 0.251 e. The molecule has 0 radical (unpaired) electrons. The molecule has 5 heteroatoms. The molecular formula is C19H29N3O2. The van der Waals surface area contributed by atoms with Crippen LogP contribution in [0.1, 0.15) is 61.4 Å². The van der Waals surface area contributed by atoms with E-state index >= 15 is 0 Å². The van der Waals surface area contributed by atoms with Gasteiger partial charge >= 0.3 is 0 Å². The minimum atomic E-state index is -0.0880. The first kappa shape index (κ1) is 18.5. The van der Waals surface area contributed by atoms with Crippen LogP contribution in [0.5, 0.6) is 0 Å². The maximum atomic E-state index is 12.3. The molecule has 0 unspecified atom stereocenters. The fraction of sp³-hybridized carbons (Fsp3) is 0.579. The summed E-state index contributed by atoms with van der Waals surface area (Å²) >= 11 is 0. The highest BCUT2D eigenvalue weighted by Crippen LogP contribution is 2.38. The van der Waals surface area contributed by atoms with Crippen molar-refractivity contribution in [3.8, 4) is 0 Å². The summed E-state index contributed by atoms with van der Waals surface area (Å²) in [5, 5.41) is 5.76. The van der Waals surface area contributed by atoms with Gasteiger partial charge in [0.2, 0.25) is 5.91 Å². The van der Waals surface area contributed by atoms with E-state index in [0.29, 0.717) is 31.6 Å². The molecule has 0 aliphatic heterocycles. The Bertz CT molecular complexity index is 565. The van der Waals surface area contributed by atoms with Crippen LogP contribution in [0, 0.1) is 5.41 Å². The summed E-state index contributed by atoms with van der Waals surface area (Å²) in [6, 6.07) is 7.36. The summed E-state index contributed by atoms with van der Waals surface area (Å²) in [6.45, 7) is 3.50. The number of hydrogen-bond donors (Lipinski definition) is 3. The lowest BCUT2D eigenvalue weighted by atomic mass is 9.71. The lowest BCUT2D eigenvalue weighted by Gasteiger charge is -2.35. The van der Waals surface area contributed by atoms with Gasteiger partial charge in [0.1, 0.15) is 0 Å². The minimum Gasteiger partial charge on any atom is -0.352 e. The third kappa shape index (κ3) is 5.06. The van der Waals surface area contributed by atoms with Crippen molar-refractivity contribution in [2.45, 2.75) is 52.0 Å². The molecule has 1 aliphatic carbocycles. The van der Waals surface area contributed by atoms with E-state index in [-0.39, 0.29) is 17.2 Å². The molecule has 24 heavy (non-hydrogen) atoms. The minimum absolute atomic E-state index is 0.0226. The third-order valence-electron chi connectivity index (χ3n) is 4.90. The van der Waals surface area contributed by atoms with Crippen molar-refractivity contribution in [3.05, 3.63) is 35.4 Å². The van der Waals surface area contributed by atoms with E-state index in [0.717, 1.165) is 18.4 Å². The number of amides is 2. The molecule has 1 aromatic rings. The van der Waals surface area contributed by atoms with Gasteiger partial charge < -0.3 is 16.4 Å². The number of nitrogens with one attached hydrogen (secondary N) is 2. The molecule has 132 valence electrons. The van der Waals surface area contributed by atoms with Gasteiger partial charge in [0.15, 0.2) is 0 Å². The summed E-state index contributed by atoms with van der Waals surface area (Å²) in [4.78, 5) is 24.2. The van der Waals surface area contributed by atoms with Crippen molar-refractivity contribution in [1.29, 1.82) is 0 Å². The van der Waals surface area contributed by atoms with Crippen molar-refractivity contribution in [3.63, 3.8) is 0 Å². The number of nitrogens with two attached hydrogens (primary N) is 1. The van der Waals surface area contributed by atoms with Gasteiger partial charge in [0.05, 0.1) is 0 Å². The normalized spacial score (nSPS) is 16.4. The Kier molecular flexibility index (Phi) is 6.79. The van der Waals surface area contributed by atoms with Crippen LogP contribution < -0.4 is 16.4 Å². The number of rotatable bonds is 7. The average molecular weight is 331 g/mol. The van der Waals surface area contributed by atoms with Crippen molar-refractivity contribution in [1.82, 2.24) is 10.6 Å². The summed E-state index contributed by atoms with van der Waals surface area (Å²) in [6.07, 6.45) is 6.17. The fourth-order valence-corrected chi connectivity index (χ4v) is 3.44. The number of hydrogen-bond acceptors (Lipinski definition) is 3. The maximum Gasteiger partial charge on any atom is 0.251 e. The Hall–Kier alpha value is -1.88. The standard InChI is InChI=1S/C19H29N3O2/c1-2-21-18(24)16-8-6-7-15(11-16)13-22-17(23)12-19(14-20)9-4-3-5-10-19/h6-8,11H,2-5,9-10,12-14,20H2,1H3,(H,21,24)(H,22,23). The highest BCUT2D eigenvalue weighted by Gasteiger charge is 2.32. The Morgan fingerprint density at radius 3 is 2.58 bits per heavy atom.